The number of fused-ring (bicyclic) bond motifs is 17. The lowest BCUT2D eigenvalue weighted by molar-refractivity contribution is -0.353. The highest BCUT2D eigenvalue weighted by Gasteiger charge is 2.52. The van der Waals surface area contributed by atoms with Crippen LogP contribution in [-0.2, 0) is 10.8 Å². The molecule has 0 amide bonds. The fourth-order valence-electron chi connectivity index (χ4n) is 12.9. The number of nitrogens with zero attached hydrogens (tertiary/aromatic N) is 2. The van der Waals surface area contributed by atoms with Gasteiger partial charge in [0.25, 0.3) is 0 Å². The lowest BCUT2D eigenvalue weighted by Crippen LogP contribution is -2.25. The van der Waals surface area contributed by atoms with Crippen molar-refractivity contribution in [2.75, 3.05) is 0 Å². The molecule has 0 fully saturated rings. The van der Waals surface area contributed by atoms with E-state index in [1.54, 1.807) is 0 Å². The summed E-state index contributed by atoms with van der Waals surface area (Å²) in [7, 11) is 0. The molecule has 0 radical (unpaired) electrons. The summed E-state index contributed by atoms with van der Waals surface area (Å²) >= 11 is 0. The van der Waals surface area contributed by atoms with Crippen molar-refractivity contribution in [1.82, 2.24) is 9.55 Å². The number of nitrogens with one attached hydrogen (secondary N) is 1. The van der Waals surface area contributed by atoms with Crippen LogP contribution in [0.3, 0.4) is 0 Å². The number of aromatic amines is 1. The molecule has 0 saturated heterocycles. The molecule has 10 aromatic carbocycles. The first kappa shape index (κ1) is 38.4. The molecule has 1 N–H and O–H groups in total. The summed E-state index contributed by atoms with van der Waals surface area (Å²) in [5.74, 6) is 0.855. The van der Waals surface area contributed by atoms with Gasteiger partial charge in [-0.2, -0.15) is 0 Å². The van der Waals surface area contributed by atoms with Gasteiger partial charge in [0.15, 0.2) is 5.52 Å². The summed E-state index contributed by atoms with van der Waals surface area (Å²) in [6.45, 7) is 4.73. The Morgan fingerprint density at radius 1 is 0.377 bits per heavy atom. The average Bonchev–Trinajstić information content (AvgIpc) is 4.08. The van der Waals surface area contributed by atoms with Gasteiger partial charge in [-0.15, -0.1) is 0 Å². The van der Waals surface area contributed by atoms with Gasteiger partial charge in [-0.3, -0.25) is 0 Å². The highest BCUT2D eigenvalue weighted by molar-refractivity contribution is 6.13. The van der Waals surface area contributed by atoms with Gasteiger partial charge in [-0.25, -0.2) is 4.98 Å². The Kier molecular flexibility index (Phi) is 7.77. The van der Waals surface area contributed by atoms with Gasteiger partial charge >= 0.3 is 5.82 Å². The first-order valence-corrected chi connectivity index (χ1v) is 24.1. The summed E-state index contributed by atoms with van der Waals surface area (Å²) < 4.78 is 2.45. The number of benzene rings is 10. The topological polar surface area (TPSA) is 32.0 Å². The average molecular weight is 879 g/mol. The molecule has 12 aromatic rings. The summed E-state index contributed by atoms with van der Waals surface area (Å²) in [6, 6.07) is 83.1. The first-order chi connectivity index (χ1) is 34.0. The number of para-hydroxylation sites is 2. The van der Waals surface area contributed by atoms with Crippen LogP contribution in [0.4, 0.5) is 0 Å². The Morgan fingerprint density at radius 2 is 0.928 bits per heavy atom. The predicted octanol–water partition coefficient (Wildman–Crippen LogP) is 15.8. The molecule has 3 aliphatic rings. The van der Waals surface area contributed by atoms with Crippen LogP contribution in [-0.4, -0.2) is 9.55 Å². The third-order valence-corrected chi connectivity index (χ3v) is 15.9. The molecular weight excluding hydrogens is 835 g/mol. The van der Waals surface area contributed by atoms with Gasteiger partial charge in [0.2, 0.25) is 0 Å². The van der Waals surface area contributed by atoms with Crippen LogP contribution in [0.2, 0.25) is 0 Å². The van der Waals surface area contributed by atoms with Crippen LogP contribution in [0.25, 0.3) is 106 Å². The summed E-state index contributed by atoms with van der Waals surface area (Å²) in [6.07, 6.45) is 0. The molecule has 69 heavy (non-hydrogen) atoms. The van der Waals surface area contributed by atoms with Gasteiger partial charge in [0.05, 0.1) is 27.4 Å². The smallest absolute Gasteiger partial charge is 0.309 e. The number of rotatable bonds is 4. The largest absolute Gasteiger partial charge is 0.329 e. The van der Waals surface area contributed by atoms with E-state index in [9.17, 15) is 0 Å². The van der Waals surface area contributed by atoms with Crippen LogP contribution < -0.4 is 4.98 Å². The minimum absolute atomic E-state index is 0.0892. The van der Waals surface area contributed by atoms with Gasteiger partial charge < -0.3 is 4.57 Å². The van der Waals surface area contributed by atoms with Crippen molar-refractivity contribution >= 4 is 32.7 Å². The molecule has 3 nitrogen and oxygen atoms in total. The summed E-state index contributed by atoms with van der Waals surface area (Å²) in [5, 5.41) is 3.61. The van der Waals surface area contributed by atoms with E-state index in [0.29, 0.717) is 0 Å². The lowest BCUT2D eigenvalue weighted by Gasteiger charge is -2.30. The van der Waals surface area contributed by atoms with Gasteiger partial charge in [0.1, 0.15) is 5.69 Å². The molecule has 2 aromatic heterocycles. The van der Waals surface area contributed by atoms with Crippen LogP contribution in [0.5, 0.6) is 0 Å². The maximum Gasteiger partial charge on any atom is 0.329 e. The highest BCUT2D eigenvalue weighted by atomic mass is 15.0. The van der Waals surface area contributed by atoms with Crippen LogP contribution in [0.15, 0.2) is 224 Å². The molecule has 3 aliphatic carbocycles. The molecule has 3 heteroatoms. The lowest BCUT2D eigenvalue weighted by atomic mass is 9.70. The Bertz CT molecular complexity index is 4110. The van der Waals surface area contributed by atoms with Crippen molar-refractivity contribution in [3.05, 3.63) is 258 Å². The Hall–Kier alpha value is -8.66. The van der Waals surface area contributed by atoms with Crippen LogP contribution in [0.1, 0.15) is 47.2 Å². The van der Waals surface area contributed by atoms with Crippen LogP contribution in [0, 0.1) is 0 Å². The second-order valence-electron chi connectivity index (χ2n) is 19.7. The molecule has 2 heterocycles. The number of H-pyrrole nitrogens is 1. The molecule has 0 saturated carbocycles. The minimum atomic E-state index is -0.424. The predicted molar refractivity (Wildman–Crippen MR) is 283 cm³/mol. The molecule has 0 bridgehead atoms. The Morgan fingerprint density at radius 3 is 1.67 bits per heavy atom. The molecule has 0 unspecified atom stereocenters. The molecule has 1 spiro atoms. The Labute approximate surface area is 400 Å². The molecule has 0 aliphatic heterocycles. The molecule has 0 atom stereocenters. The van der Waals surface area contributed by atoms with E-state index in [-0.39, 0.29) is 5.41 Å². The zero-order valence-corrected chi connectivity index (χ0v) is 38.3. The van der Waals surface area contributed by atoms with E-state index < -0.39 is 5.41 Å². The van der Waals surface area contributed by atoms with Gasteiger partial charge in [-0.05, 0) is 132 Å². The standard InChI is InChI=1S/C66H43N3/c1-65(2)53-25-11-6-21-46(53)50-38-52-51-37-42(35-36-60(51)69(61(52)39-58(50)65)43-17-4-3-5-18-43)40-31-33-41(34-32-40)63-48-23-10-15-30-59(48)67-64(68-63)49-24-16-29-57-62(49)47-22-9-14-28-56(47)66(57)54-26-12-7-19-44(54)45-20-8-13-27-55(45)66/h3-39H,1-2H3/p+1. The van der Waals surface area contributed by atoms with Gasteiger partial charge in [-0.1, -0.05) is 184 Å². The van der Waals surface area contributed by atoms with E-state index in [2.05, 4.69) is 248 Å². The fraction of sp³-hybridized carbons (Fsp3) is 0.0606. The third kappa shape index (κ3) is 5.11. The number of hydrogen-bond donors (Lipinski definition) is 0. The maximum absolute atomic E-state index is 5.41. The first-order valence-electron chi connectivity index (χ1n) is 24.1. The van der Waals surface area contributed by atoms with Crippen molar-refractivity contribution in [1.29, 1.82) is 0 Å². The second-order valence-corrected chi connectivity index (χ2v) is 19.7. The normalized spacial score (nSPS) is 14.2. The SMILES string of the molecule is CC1(C)c2ccccc2-c2cc3c4cc(-c5ccc(-c6[nH+]c(-c7cccc8c7-c7ccccc7C87c8ccccc8-c8ccccc87)nc7ccccc67)cc5)ccc4n(-c4ccccc4)c3cc21. The van der Waals surface area contributed by atoms with Gasteiger partial charge in [0, 0.05) is 33.0 Å². The second kappa shape index (κ2) is 13.9. The van der Waals surface area contributed by atoms with E-state index in [0.717, 1.165) is 33.5 Å². The zero-order valence-electron chi connectivity index (χ0n) is 38.3. The monoisotopic (exact) mass is 878 g/mol. The van der Waals surface area contributed by atoms with Crippen molar-refractivity contribution in [3.8, 4) is 72.8 Å². The van der Waals surface area contributed by atoms with E-state index >= 15 is 0 Å². The molecule has 15 rings (SSSR count). The Balaban J connectivity index is 0.876. The summed E-state index contributed by atoms with van der Waals surface area (Å²) in [5.41, 5.74) is 25.5. The number of aromatic nitrogens is 3. The van der Waals surface area contributed by atoms with Crippen molar-refractivity contribution in [2.24, 2.45) is 0 Å². The molecular formula is C66H44N3+. The highest BCUT2D eigenvalue weighted by Crippen LogP contribution is 2.64. The van der Waals surface area contributed by atoms with E-state index in [4.69, 9.17) is 4.98 Å². The quantitative estimate of drug-likeness (QED) is 0.173. The van der Waals surface area contributed by atoms with E-state index in [1.807, 2.05) is 0 Å². The third-order valence-electron chi connectivity index (χ3n) is 15.9. The minimum Gasteiger partial charge on any atom is -0.309 e. The zero-order chi connectivity index (χ0) is 45.6. The van der Waals surface area contributed by atoms with Crippen LogP contribution >= 0.6 is 0 Å². The maximum atomic E-state index is 5.41. The van der Waals surface area contributed by atoms with Crippen molar-refractivity contribution in [2.45, 2.75) is 24.7 Å². The number of hydrogen-bond acceptors (Lipinski definition) is 1. The fourth-order valence-corrected chi connectivity index (χ4v) is 12.9. The van der Waals surface area contributed by atoms with E-state index in [1.165, 1.54) is 105 Å². The van der Waals surface area contributed by atoms with Crippen molar-refractivity contribution in [3.63, 3.8) is 0 Å². The van der Waals surface area contributed by atoms with Crippen molar-refractivity contribution < 1.29 is 4.98 Å². The summed E-state index contributed by atoms with van der Waals surface area (Å²) in [4.78, 5) is 9.35. The molecule has 322 valence electrons.